The fourth-order valence-corrected chi connectivity index (χ4v) is 1.42. The Kier molecular flexibility index (Phi) is 5.57. The molecule has 1 rings (SSSR count). The third-order valence-corrected chi connectivity index (χ3v) is 2.43. The SMILES string of the molecule is CCCCNCCC(=O)c1ccc(O)cc1. The van der Waals surface area contributed by atoms with E-state index in [-0.39, 0.29) is 11.5 Å². The van der Waals surface area contributed by atoms with Gasteiger partial charge in [-0.25, -0.2) is 0 Å². The lowest BCUT2D eigenvalue weighted by Crippen LogP contribution is -2.19. The average Bonchev–Trinajstić information content (AvgIpc) is 2.29. The predicted octanol–water partition coefficient (Wildman–Crippen LogP) is 2.35. The Morgan fingerprint density at radius 1 is 1.25 bits per heavy atom. The summed E-state index contributed by atoms with van der Waals surface area (Å²) in [4.78, 5) is 11.7. The quantitative estimate of drug-likeness (QED) is 0.549. The van der Waals surface area contributed by atoms with Crippen molar-refractivity contribution in [3.05, 3.63) is 29.8 Å². The Morgan fingerprint density at radius 2 is 1.94 bits per heavy atom. The van der Waals surface area contributed by atoms with Crippen LogP contribution in [0, 0.1) is 0 Å². The van der Waals surface area contributed by atoms with Crippen molar-refractivity contribution >= 4 is 5.78 Å². The third kappa shape index (κ3) is 4.45. The van der Waals surface area contributed by atoms with Gasteiger partial charge in [0, 0.05) is 18.5 Å². The van der Waals surface area contributed by atoms with Gasteiger partial charge < -0.3 is 10.4 Å². The number of benzene rings is 1. The van der Waals surface area contributed by atoms with Crippen LogP contribution in [0.5, 0.6) is 5.75 Å². The van der Waals surface area contributed by atoms with Gasteiger partial charge in [-0.2, -0.15) is 0 Å². The second-order valence-electron chi connectivity index (χ2n) is 3.82. The first-order valence-electron chi connectivity index (χ1n) is 5.77. The average molecular weight is 221 g/mol. The molecular weight excluding hydrogens is 202 g/mol. The van der Waals surface area contributed by atoms with E-state index >= 15 is 0 Å². The van der Waals surface area contributed by atoms with Crippen LogP contribution in [-0.4, -0.2) is 24.0 Å². The Morgan fingerprint density at radius 3 is 2.56 bits per heavy atom. The molecule has 0 heterocycles. The van der Waals surface area contributed by atoms with Crippen LogP contribution < -0.4 is 5.32 Å². The van der Waals surface area contributed by atoms with E-state index in [1.165, 1.54) is 18.6 Å². The van der Waals surface area contributed by atoms with E-state index in [0.717, 1.165) is 19.5 Å². The molecule has 0 saturated carbocycles. The minimum Gasteiger partial charge on any atom is -0.508 e. The molecule has 0 bridgehead atoms. The first kappa shape index (κ1) is 12.7. The summed E-state index contributed by atoms with van der Waals surface area (Å²) in [7, 11) is 0. The lowest BCUT2D eigenvalue weighted by atomic mass is 10.1. The molecule has 16 heavy (non-hydrogen) atoms. The van der Waals surface area contributed by atoms with Crippen LogP contribution in [0.1, 0.15) is 36.5 Å². The van der Waals surface area contributed by atoms with E-state index in [9.17, 15) is 4.79 Å². The summed E-state index contributed by atoms with van der Waals surface area (Å²) in [5.74, 6) is 0.307. The van der Waals surface area contributed by atoms with Crippen molar-refractivity contribution in [3.63, 3.8) is 0 Å². The van der Waals surface area contributed by atoms with E-state index in [1.807, 2.05) is 0 Å². The van der Waals surface area contributed by atoms with E-state index in [1.54, 1.807) is 12.1 Å². The van der Waals surface area contributed by atoms with Gasteiger partial charge in [0.2, 0.25) is 0 Å². The Bertz CT molecular complexity index is 319. The van der Waals surface area contributed by atoms with Crippen molar-refractivity contribution in [2.45, 2.75) is 26.2 Å². The van der Waals surface area contributed by atoms with Gasteiger partial charge in [0.1, 0.15) is 5.75 Å². The number of hydrogen-bond acceptors (Lipinski definition) is 3. The molecule has 0 aliphatic heterocycles. The molecule has 0 radical (unpaired) electrons. The van der Waals surface area contributed by atoms with Crippen LogP contribution in [0.25, 0.3) is 0 Å². The number of carbonyl (C=O) groups excluding carboxylic acids is 1. The summed E-state index contributed by atoms with van der Waals surface area (Å²) in [5, 5.41) is 12.3. The van der Waals surface area contributed by atoms with Crippen molar-refractivity contribution in [1.82, 2.24) is 5.32 Å². The molecule has 88 valence electrons. The second-order valence-corrected chi connectivity index (χ2v) is 3.82. The molecule has 2 N–H and O–H groups in total. The molecule has 0 aromatic heterocycles. The molecule has 0 aliphatic carbocycles. The highest BCUT2D eigenvalue weighted by Crippen LogP contribution is 2.10. The molecule has 0 fully saturated rings. The molecule has 1 aromatic rings. The molecule has 0 saturated heterocycles. The van der Waals surface area contributed by atoms with E-state index < -0.39 is 0 Å². The van der Waals surface area contributed by atoms with Crippen molar-refractivity contribution in [2.75, 3.05) is 13.1 Å². The summed E-state index contributed by atoms with van der Waals surface area (Å²) < 4.78 is 0. The largest absolute Gasteiger partial charge is 0.508 e. The third-order valence-electron chi connectivity index (χ3n) is 2.43. The smallest absolute Gasteiger partial charge is 0.164 e. The van der Waals surface area contributed by atoms with Crippen LogP contribution in [0.2, 0.25) is 0 Å². The number of phenolic OH excluding ortho intramolecular Hbond substituents is 1. The lowest BCUT2D eigenvalue weighted by molar-refractivity contribution is 0.0982. The Balaban J connectivity index is 2.27. The minimum atomic E-state index is 0.115. The number of phenols is 1. The molecule has 0 atom stereocenters. The maximum atomic E-state index is 11.7. The first-order valence-corrected chi connectivity index (χ1v) is 5.77. The zero-order valence-electron chi connectivity index (χ0n) is 9.70. The number of rotatable bonds is 7. The van der Waals surface area contributed by atoms with Crippen LogP contribution >= 0.6 is 0 Å². The van der Waals surface area contributed by atoms with Crippen LogP contribution in [0.15, 0.2) is 24.3 Å². The van der Waals surface area contributed by atoms with Crippen LogP contribution in [-0.2, 0) is 0 Å². The van der Waals surface area contributed by atoms with E-state index in [0.29, 0.717) is 12.0 Å². The molecule has 0 unspecified atom stereocenters. The van der Waals surface area contributed by atoms with Crippen molar-refractivity contribution in [1.29, 1.82) is 0 Å². The summed E-state index contributed by atoms with van der Waals surface area (Å²) in [6, 6.07) is 6.39. The van der Waals surface area contributed by atoms with Gasteiger partial charge in [0.05, 0.1) is 0 Å². The molecular formula is C13H19NO2. The van der Waals surface area contributed by atoms with Crippen molar-refractivity contribution in [3.8, 4) is 5.75 Å². The Hall–Kier alpha value is -1.35. The molecule has 3 nitrogen and oxygen atoms in total. The molecule has 0 aliphatic rings. The second kappa shape index (κ2) is 7.01. The summed E-state index contributed by atoms with van der Waals surface area (Å²) >= 11 is 0. The summed E-state index contributed by atoms with van der Waals surface area (Å²) in [5.41, 5.74) is 0.662. The minimum absolute atomic E-state index is 0.115. The summed E-state index contributed by atoms with van der Waals surface area (Å²) in [6.07, 6.45) is 2.82. The van der Waals surface area contributed by atoms with Gasteiger partial charge >= 0.3 is 0 Å². The standard InChI is InChI=1S/C13H19NO2/c1-2-3-9-14-10-8-13(16)11-4-6-12(15)7-5-11/h4-7,14-15H,2-3,8-10H2,1H3. The highest BCUT2D eigenvalue weighted by molar-refractivity contribution is 5.96. The number of aromatic hydroxyl groups is 1. The molecule has 3 heteroatoms. The van der Waals surface area contributed by atoms with Crippen LogP contribution in [0.4, 0.5) is 0 Å². The van der Waals surface area contributed by atoms with Gasteiger partial charge in [-0.1, -0.05) is 13.3 Å². The number of Topliss-reactive ketones (excluding diaryl/α,β-unsaturated/α-hetero) is 1. The molecule has 1 aromatic carbocycles. The van der Waals surface area contributed by atoms with Gasteiger partial charge in [-0.05, 0) is 37.2 Å². The fraction of sp³-hybridized carbons (Fsp3) is 0.462. The number of nitrogens with one attached hydrogen (secondary N) is 1. The molecule has 0 spiro atoms. The summed E-state index contributed by atoms with van der Waals surface area (Å²) in [6.45, 7) is 3.84. The van der Waals surface area contributed by atoms with Crippen LogP contribution in [0.3, 0.4) is 0 Å². The molecule has 0 amide bonds. The topological polar surface area (TPSA) is 49.3 Å². The van der Waals surface area contributed by atoms with Crippen molar-refractivity contribution in [2.24, 2.45) is 0 Å². The fourth-order valence-electron chi connectivity index (χ4n) is 1.42. The van der Waals surface area contributed by atoms with Gasteiger partial charge in [0.15, 0.2) is 5.78 Å². The number of ketones is 1. The highest BCUT2D eigenvalue weighted by Gasteiger charge is 2.04. The Labute approximate surface area is 96.5 Å². The highest BCUT2D eigenvalue weighted by atomic mass is 16.3. The first-order chi connectivity index (χ1) is 7.74. The maximum Gasteiger partial charge on any atom is 0.164 e. The van der Waals surface area contributed by atoms with Crippen molar-refractivity contribution < 1.29 is 9.90 Å². The lowest BCUT2D eigenvalue weighted by Gasteiger charge is -2.03. The predicted molar refractivity (Wildman–Crippen MR) is 64.8 cm³/mol. The number of carbonyl (C=O) groups is 1. The van der Waals surface area contributed by atoms with E-state index in [2.05, 4.69) is 12.2 Å². The zero-order valence-corrected chi connectivity index (χ0v) is 9.70. The monoisotopic (exact) mass is 221 g/mol. The normalized spacial score (nSPS) is 10.3. The van der Waals surface area contributed by atoms with E-state index in [4.69, 9.17) is 5.11 Å². The zero-order chi connectivity index (χ0) is 11.8. The number of unbranched alkanes of at least 4 members (excludes halogenated alkanes) is 1. The van der Waals surface area contributed by atoms with Gasteiger partial charge in [-0.3, -0.25) is 4.79 Å². The number of hydrogen-bond donors (Lipinski definition) is 2. The van der Waals surface area contributed by atoms with Gasteiger partial charge in [0.25, 0.3) is 0 Å². The van der Waals surface area contributed by atoms with Gasteiger partial charge in [-0.15, -0.1) is 0 Å². The maximum absolute atomic E-state index is 11.7.